The Hall–Kier alpha value is -1.80. The zero-order chi connectivity index (χ0) is 15.2. The Morgan fingerprint density at radius 3 is 2.33 bits per heavy atom. The highest BCUT2D eigenvalue weighted by Crippen LogP contribution is 2.20. The zero-order valence-electron chi connectivity index (χ0n) is 13.6. The molecule has 0 spiro atoms. The van der Waals surface area contributed by atoms with Gasteiger partial charge in [-0.05, 0) is 49.2 Å². The summed E-state index contributed by atoms with van der Waals surface area (Å²) in [5.41, 5.74) is 6.66. The van der Waals surface area contributed by atoms with Gasteiger partial charge in [0, 0.05) is 25.8 Å². The number of aryl methyl sites for hydroxylation is 2. The summed E-state index contributed by atoms with van der Waals surface area (Å²) in [6.07, 6.45) is 0. The molecule has 2 rings (SSSR count). The van der Waals surface area contributed by atoms with Gasteiger partial charge in [-0.15, -0.1) is 0 Å². The van der Waals surface area contributed by atoms with Gasteiger partial charge < -0.3 is 10.2 Å². The van der Waals surface area contributed by atoms with Crippen molar-refractivity contribution in [1.82, 2.24) is 5.32 Å². The predicted molar refractivity (Wildman–Crippen MR) is 91.8 cm³/mol. The number of hydrogen-bond acceptors (Lipinski definition) is 2. The standard InChI is InChI=1S/C19H26N2/c1-5-20-13-18-10-11-19(12-16(18)3)21(4)14-17-8-6-15(2)7-9-17/h6-12,20H,5,13-14H2,1-4H3. The average molecular weight is 282 g/mol. The van der Waals surface area contributed by atoms with Gasteiger partial charge in [0.25, 0.3) is 0 Å². The van der Waals surface area contributed by atoms with Crippen LogP contribution in [-0.2, 0) is 13.1 Å². The molecule has 0 heterocycles. The molecule has 2 aromatic rings. The number of nitrogens with zero attached hydrogens (tertiary/aromatic N) is 1. The summed E-state index contributed by atoms with van der Waals surface area (Å²) in [4.78, 5) is 2.30. The molecule has 0 radical (unpaired) electrons. The summed E-state index contributed by atoms with van der Waals surface area (Å²) >= 11 is 0. The van der Waals surface area contributed by atoms with Crippen LogP contribution in [0, 0.1) is 13.8 Å². The van der Waals surface area contributed by atoms with Crippen LogP contribution in [0.1, 0.15) is 29.2 Å². The van der Waals surface area contributed by atoms with Gasteiger partial charge in [0.05, 0.1) is 0 Å². The molecular weight excluding hydrogens is 256 g/mol. The van der Waals surface area contributed by atoms with Crippen LogP contribution in [0.4, 0.5) is 5.69 Å². The third-order valence-electron chi connectivity index (χ3n) is 3.87. The molecule has 0 saturated heterocycles. The van der Waals surface area contributed by atoms with E-state index < -0.39 is 0 Å². The van der Waals surface area contributed by atoms with Crippen molar-refractivity contribution in [2.45, 2.75) is 33.9 Å². The van der Waals surface area contributed by atoms with E-state index in [1.807, 2.05) is 0 Å². The second-order valence-electron chi connectivity index (χ2n) is 5.73. The maximum absolute atomic E-state index is 3.39. The van der Waals surface area contributed by atoms with Crippen LogP contribution in [-0.4, -0.2) is 13.6 Å². The van der Waals surface area contributed by atoms with Crippen LogP contribution in [0.15, 0.2) is 42.5 Å². The maximum atomic E-state index is 3.39. The molecule has 0 aliphatic rings. The molecular formula is C19H26N2. The third-order valence-corrected chi connectivity index (χ3v) is 3.87. The molecule has 2 nitrogen and oxygen atoms in total. The van der Waals surface area contributed by atoms with Gasteiger partial charge in [-0.25, -0.2) is 0 Å². The van der Waals surface area contributed by atoms with Gasteiger partial charge in [-0.3, -0.25) is 0 Å². The lowest BCUT2D eigenvalue weighted by Crippen LogP contribution is -2.17. The topological polar surface area (TPSA) is 15.3 Å². The van der Waals surface area contributed by atoms with Crippen molar-refractivity contribution in [3.05, 3.63) is 64.7 Å². The van der Waals surface area contributed by atoms with Crippen molar-refractivity contribution in [3.8, 4) is 0 Å². The average Bonchev–Trinajstić information content (AvgIpc) is 2.48. The predicted octanol–water partition coefficient (Wildman–Crippen LogP) is 4.05. The first-order valence-electron chi connectivity index (χ1n) is 7.67. The first-order valence-corrected chi connectivity index (χ1v) is 7.67. The summed E-state index contributed by atoms with van der Waals surface area (Å²) in [5.74, 6) is 0. The van der Waals surface area contributed by atoms with E-state index in [1.54, 1.807) is 0 Å². The van der Waals surface area contributed by atoms with E-state index in [0.29, 0.717) is 0 Å². The second-order valence-corrected chi connectivity index (χ2v) is 5.73. The molecule has 21 heavy (non-hydrogen) atoms. The highest BCUT2D eigenvalue weighted by molar-refractivity contribution is 5.50. The highest BCUT2D eigenvalue weighted by Gasteiger charge is 2.05. The summed E-state index contributed by atoms with van der Waals surface area (Å²) in [7, 11) is 2.15. The van der Waals surface area contributed by atoms with Crippen molar-refractivity contribution in [3.63, 3.8) is 0 Å². The maximum Gasteiger partial charge on any atom is 0.0426 e. The van der Waals surface area contributed by atoms with Crippen LogP contribution in [0.3, 0.4) is 0 Å². The first kappa shape index (κ1) is 15.6. The Labute approximate surface area is 128 Å². The molecule has 0 amide bonds. The van der Waals surface area contributed by atoms with Crippen LogP contribution in [0.2, 0.25) is 0 Å². The largest absolute Gasteiger partial charge is 0.370 e. The van der Waals surface area contributed by atoms with Gasteiger partial charge in [-0.2, -0.15) is 0 Å². The van der Waals surface area contributed by atoms with Crippen molar-refractivity contribution in [2.24, 2.45) is 0 Å². The van der Waals surface area contributed by atoms with Gasteiger partial charge in [0.2, 0.25) is 0 Å². The fourth-order valence-corrected chi connectivity index (χ4v) is 2.43. The van der Waals surface area contributed by atoms with Crippen molar-refractivity contribution in [1.29, 1.82) is 0 Å². The second kappa shape index (κ2) is 7.28. The number of benzene rings is 2. The van der Waals surface area contributed by atoms with E-state index in [4.69, 9.17) is 0 Å². The molecule has 0 aliphatic heterocycles. The Balaban J connectivity index is 2.06. The van der Waals surface area contributed by atoms with Crippen LogP contribution in [0.5, 0.6) is 0 Å². The lowest BCUT2D eigenvalue weighted by Gasteiger charge is -2.21. The first-order chi connectivity index (χ1) is 10.1. The monoisotopic (exact) mass is 282 g/mol. The summed E-state index contributed by atoms with van der Waals surface area (Å²) in [5, 5.41) is 3.39. The molecule has 0 aliphatic carbocycles. The Morgan fingerprint density at radius 1 is 1.00 bits per heavy atom. The quantitative estimate of drug-likeness (QED) is 0.860. The SMILES string of the molecule is CCNCc1ccc(N(C)Cc2ccc(C)cc2)cc1C. The molecule has 2 aromatic carbocycles. The Bertz CT molecular complexity index is 573. The van der Waals surface area contributed by atoms with Crippen molar-refractivity contribution < 1.29 is 0 Å². The van der Waals surface area contributed by atoms with E-state index >= 15 is 0 Å². The minimum Gasteiger partial charge on any atom is -0.370 e. The highest BCUT2D eigenvalue weighted by atomic mass is 15.1. The minimum atomic E-state index is 0.937. The zero-order valence-corrected chi connectivity index (χ0v) is 13.6. The Kier molecular flexibility index (Phi) is 5.40. The molecule has 0 unspecified atom stereocenters. The number of anilines is 1. The lowest BCUT2D eigenvalue weighted by molar-refractivity contribution is 0.723. The number of rotatable bonds is 6. The smallest absolute Gasteiger partial charge is 0.0426 e. The van der Waals surface area contributed by atoms with E-state index in [2.05, 4.69) is 80.5 Å². The molecule has 0 atom stereocenters. The minimum absolute atomic E-state index is 0.937. The normalized spacial score (nSPS) is 10.7. The molecule has 0 bridgehead atoms. The van der Waals surface area contributed by atoms with Crippen LogP contribution < -0.4 is 10.2 Å². The van der Waals surface area contributed by atoms with Gasteiger partial charge >= 0.3 is 0 Å². The van der Waals surface area contributed by atoms with Crippen molar-refractivity contribution >= 4 is 5.69 Å². The summed E-state index contributed by atoms with van der Waals surface area (Å²) in [6, 6.07) is 15.5. The molecule has 0 saturated carbocycles. The third kappa shape index (κ3) is 4.33. The number of nitrogens with one attached hydrogen (secondary N) is 1. The van der Waals surface area contributed by atoms with E-state index in [9.17, 15) is 0 Å². The molecule has 0 fully saturated rings. The molecule has 1 N–H and O–H groups in total. The fraction of sp³-hybridized carbons (Fsp3) is 0.368. The molecule has 0 aromatic heterocycles. The van der Waals surface area contributed by atoms with Crippen LogP contribution in [0.25, 0.3) is 0 Å². The summed E-state index contributed by atoms with van der Waals surface area (Å²) < 4.78 is 0. The van der Waals surface area contributed by atoms with Crippen molar-refractivity contribution in [2.75, 3.05) is 18.5 Å². The molecule has 2 heteroatoms. The van der Waals surface area contributed by atoms with Gasteiger partial charge in [0.15, 0.2) is 0 Å². The van der Waals surface area contributed by atoms with Crippen LogP contribution >= 0.6 is 0 Å². The fourth-order valence-electron chi connectivity index (χ4n) is 2.43. The lowest BCUT2D eigenvalue weighted by atomic mass is 10.1. The van der Waals surface area contributed by atoms with Gasteiger partial charge in [-0.1, -0.05) is 42.8 Å². The number of hydrogen-bond donors (Lipinski definition) is 1. The van der Waals surface area contributed by atoms with Gasteiger partial charge in [0.1, 0.15) is 0 Å². The molecule has 112 valence electrons. The van der Waals surface area contributed by atoms with E-state index in [1.165, 1.54) is 27.9 Å². The summed E-state index contributed by atoms with van der Waals surface area (Å²) in [6.45, 7) is 9.35. The van der Waals surface area contributed by atoms with E-state index in [0.717, 1.165) is 19.6 Å². The Morgan fingerprint density at radius 2 is 1.71 bits per heavy atom. The van der Waals surface area contributed by atoms with E-state index in [-0.39, 0.29) is 0 Å².